The second-order valence-electron chi connectivity index (χ2n) is 5.02. The largest absolute Gasteiger partial charge is 0.322 e. The van der Waals surface area contributed by atoms with Gasteiger partial charge in [-0.15, -0.1) is 0 Å². The first-order valence-electron chi connectivity index (χ1n) is 6.84. The number of hydrogen-bond acceptors (Lipinski definition) is 5. The standard InChI is InChI=1S/C14H19N3O3S/c1-10-14(18)16(7-4-8-21-2)13(15-10)11-5-3-6-12(9-11)17(19)20/h3,5-6,9-10,13,15H,4,7-8H2,1-2H3. The van der Waals surface area contributed by atoms with E-state index in [9.17, 15) is 14.9 Å². The summed E-state index contributed by atoms with van der Waals surface area (Å²) in [6.07, 6.45) is 2.66. The maximum Gasteiger partial charge on any atom is 0.269 e. The molecule has 1 aromatic carbocycles. The topological polar surface area (TPSA) is 75.5 Å². The third-order valence-electron chi connectivity index (χ3n) is 3.52. The smallest absolute Gasteiger partial charge is 0.269 e. The molecule has 1 aliphatic rings. The quantitative estimate of drug-likeness (QED) is 0.495. The Morgan fingerprint density at radius 3 is 2.90 bits per heavy atom. The predicted octanol–water partition coefficient (Wildman–Crippen LogP) is 2.17. The van der Waals surface area contributed by atoms with Gasteiger partial charge in [-0.25, -0.2) is 0 Å². The molecule has 1 heterocycles. The molecule has 6 nitrogen and oxygen atoms in total. The number of carbonyl (C=O) groups is 1. The number of nitrogens with one attached hydrogen (secondary N) is 1. The predicted molar refractivity (Wildman–Crippen MR) is 83.1 cm³/mol. The lowest BCUT2D eigenvalue weighted by molar-refractivity contribution is -0.385. The van der Waals surface area contributed by atoms with Crippen LogP contribution >= 0.6 is 11.8 Å². The molecule has 0 spiro atoms. The summed E-state index contributed by atoms with van der Waals surface area (Å²) in [4.78, 5) is 24.5. The van der Waals surface area contributed by atoms with Crippen LogP contribution in [0, 0.1) is 10.1 Å². The third-order valence-corrected chi connectivity index (χ3v) is 4.21. The van der Waals surface area contributed by atoms with Crippen LogP contribution in [-0.2, 0) is 4.79 Å². The van der Waals surface area contributed by atoms with Crippen LogP contribution in [0.5, 0.6) is 0 Å². The van der Waals surface area contributed by atoms with Crippen LogP contribution in [0.25, 0.3) is 0 Å². The monoisotopic (exact) mass is 309 g/mol. The summed E-state index contributed by atoms with van der Waals surface area (Å²) in [6, 6.07) is 6.20. The normalized spacial score (nSPS) is 21.8. The van der Waals surface area contributed by atoms with Gasteiger partial charge in [0, 0.05) is 18.7 Å². The number of nitro groups is 1. The summed E-state index contributed by atoms with van der Waals surface area (Å²) in [5.41, 5.74) is 0.802. The molecule has 114 valence electrons. The van der Waals surface area contributed by atoms with Crippen LogP contribution in [0.3, 0.4) is 0 Å². The van der Waals surface area contributed by atoms with Crippen molar-refractivity contribution in [2.45, 2.75) is 25.6 Å². The van der Waals surface area contributed by atoms with Crippen molar-refractivity contribution >= 4 is 23.4 Å². The van der Waals surface area contributed by atoms with Gasteiger partial charge in [-0.3, -0.25) is 20.2 Å². The summed E-state index contributed by atoms with van der Waals surface area (Å²) in [5.74, 6) is 1.03. The van der Waals surface area contributed by atoms with Crippen molar-refractivity contribution < 1.29 is 9.72 Å². The van der Waals surface area contributed by atoms with Gasteiger partial charge in [-0.05, 0) is 30.9 Å². The van der Waals surface area contributed by atoms with E-state index in [1.807, 2.05) is 19.2 Å². The number of hydrogen-bond donors (Lipinski definition) is 1. The Hall–Kier alpha value is -1.60. The van der Waals surface area contributed by atoms with Crippen LogP contribution in [0.4, 0.5) is 5.69 Å². The molecule has 1 N–H and O–H groups in total. The first-order valence-corrected chi connectivity index (χ1v) is 8.24. The number of benzene rings is 1. The first kappa shape index (κ1) is 15.8. The highest BCUT2D eigenvalue weighted by atomic mass is 32.2. The molecule has 0 saturated carbocycles. The third kappa shape index (κ3) is 3.54. The van der Waals surface area contributed by atoms with E-state index in [0.29, 0.717) is 6.54 Å². The molecule has 2 unspecified atom stereocenters. The van der Waals surface area contributed by atoms with Gasteiger partial charge in [-0.1, -0.05) is 12.1 Å². The fourth-order valence-corrected chi connectivity index (χ4v) is 2.89. The van der Waals surface area contributed by atoms with Crippen molar-refractivity contribution in [3.63, 3.8) is 0 Å². The fourth-order valence-electron chi connectivity index (χ4n) is 2.48. The maximum atomic E-state index is 12.2. The molecular formula is C14H19N3O3S. The van der Waals surface area contributed by atoms with E-state index in [0.717, 1.165) is 17.7 Å². The zero-order chi connectivity index (χ0) is 15.4. The number of carbonyl (C=O) groups excluding carboxylic acids is 1. The number of nitrogens with zero attached hydrogens (tertiary/aromatic N) is 2. The Labute approximate surface area is 128 Å². The minimum absolute atomic E-state index is 0.0466. The average molecular weight is 309 g/mol. The van der Waals surface area contributed by atoms with E-state index >= 15 is 0 Å². The minimum atomic E-state index is -0.415. The number of amides is 1. The van der Waals surface area contributed by atoms with Gasteiger partial charge in [0.1, 0.15) is 6.17 Å². The summed E-state index contributed by atoms with van der Waals surface area (Å²) >= 11 is 1.74. The second kappa shape index (κ2) is 6.91. The van der Waals surface area contributed by atoms with E-state index in [1.54, 1.807) is 22.7 Å². The van der Waals surface area contributed by atoms with Crippen molar-refractivity contribution in [1.29, 1.82) is 0 Å². The van der Waals surface area contributed by atoms with Crippen molar-refractivity contribution in [2.24, 2.45) is 0 Å². The molecule has 2 atom stereocenters. The Morgan fingerprint density at radius 2 is 2.24 bits per heavy atom. The van der Waals surface area contributed by atoms with Gasteiger partial charge in [0.25, 0.3) is 5.69 Å². The van der Waals surface area contributed by atoms with Gasteiger partial charge >= 0.3 is 0 Å². The van der Waals surface area contributed by atoms with Gasteiger partial charge in [-0.2, -0.15) is 11.8 Å². The molecule has 21 heavy (non-hydrogen) atoms. The molecule has 1 saturated heterocycles. The van der Waals surface area contributed by atoms with E-state index in [1.165, 1.54) is 12.1 Å². The molecule has 0 aliphatic carbocycles. The van der Waals surface area contributed by atoms with Crippen molar-refractivity contribution in [2.75, 3.05) is 18.6 Å². The average Bonchev–Trinajstić information content (AvgIpc) is 2.76. The zero-order valence-electron chi connectivity index (χ0n) is 12.1. The van der Waals surface area contributed by atoms with E-state index in [4.69, 9.17) is 0 Å². The highest BCUT2D eigenvalue weighted by Gasteiger charge is 2.36. The molecule has 1 fully saturated rings. The van der Waals surface area contributed by atoms with Crippen LogP contribution in [0.15, 0.2) is 24.3 Å². The number of rotatable bonds is 6. The van der Waals surface area contributed by atoms with Gasteiger partial charge in [0.2, 0.25) is 5.91 Å². The highest BCUT2D eigenvalue weighted by Crippen LogP contribution is 2.27. The molecule has 1 aromatic rings. The molecule has 0 aromatic heterocycles. The first-order chi connectivity index (χ1) is 10.0. The summed E-state index contributed by atoms with van der Waals surface area (Å²) in [7, 11) is 0. The van der Waals surface area contributed by atoms with Crippen molar-refractivity contribution in [3.05, 3.63) is 39.9 Å². The zero-order valence-corrected chi connectivity index (χ0v) is 12.9. The van der Waals surface area contributed by atoms with Crippen molar-refractivity contribution in [1.82, 2.24) is 10.2 Å². The molecule has 7 heteroatoms. The summed E-state index contributed by atoms with van der Waals surface area (Å²) in [6.45, 7) is 2.48. The highest BCUT2D eigenvalue weighted by molar-refractivity contribution is 7.98. The Kier molecular flexibility index (Phi) is 5.19. The second-order valence-corrected chi connectivity index (χ2v) is 6.01. The number of non-ortho nitro benzene ring substituents is 1. The molecule has 0 radical (unpaired) electrons. The summed E-state index contributed by atoms with van der Waals surface area (Å²) < 4.78 is 0. The van der Waals surface area contributed by atoms with Gasteiger partial charge in [0.05, 0.1) is 11.0 Å². The Balaban J connectivity index is 2.21. The summed E-state index contributed by atoms with van der Waals surface area (Å²) in [5, 5.41) is 14.1. The maximum absolute atomic E-state index is 12.2. The van der Waals surface area contributed by atoms with Crippen LogP contribution < -0.4 is 5.32 Å². The molecular weight excluding hydrogens is 290 g/mol. The molecule has 0 bridgehead atoms. The van der Waals surface area contributed by atoms with Crippen LogP contribution in [-0.4, -0.2) is 40.3 Å². The molecule has 2 rings (SSSR count). The lowest BCUT2D eigenvalue weighted by atomic mass is 10.1. The fraction of sp³-hybridized carbons (Fsp3) is 0.500. The van der Waals surface area contributed by atoms with Crippen molar-refractivity contribution in [3.8, 4) is 0 Å². The Morgan fingerprint density at radius 1 is 1.48 bits per heavy atom. The minimum Gasteiger partial charge on any atom is -0.322 e. The van der Waals surface area contributed by atoms with Crippen LogP contribution in [0.1, 0.15) is 25.1 Å². The SMILES string of the molecule is CSCCCN1C(=O)C(C)NC1c1cccc([N+](=O)[O-])c1. The van der Waals surface area contributed by atoms with Gasteiger partial charge in [0.15, 0.2) is 0 Å². The number of nitro benzene ring substituents is 1. The molecule has 1 amide bonds. The van der Waals surface area contributed by atoms with E-state index < -0.39 is 4.92 Å². The van der Waals surface area contributed by atoms with Gasteiger partial charge < -0.3 is 4.90 Å². The lowest BCUT2D eigenvalue weighted by Crippen LogP contribution is -2.31. The van der Waals surface area contributed by atoms with E-state index in [2.05, 4.69) is 5.32 Å². The number of thioether (sulfide) groups is 1. The van der Waals surface area contributed by atoms with Crippen LogP contribution in [0.2, 0.25) is 0 Å². The molecule has 1 aliphatic heterocycles. The Bertz CT molecular complexity index is 538. The lowest BCUT2D eigenvalue weighted by Gasteiger charge is -2.24. The van der Waals surface area contributed by atoms with E-state index in [-0.39, 0.29) is 23.8 Å².